The molecular formula is C23H33ClN4OS. The number of hydrogen-bond acceptors (Lipinski definition) is 5. The molecule has 0 spiro atoms. The van der Waals surface area contributed by atoms with Crippen molar-refractivity contribution < 1.29 is 4.79 Å². The second-order valence-corrected chi connectivity index (χ2v) is 9.74. The molecule has 0 bridgehead atoms. The number of likely N-dealkylation sites (N-methyl/N-ethyl adjacent to an activating group) is 1. The predicted molar refractivity (Wildman–Crippen MR) is 127 cm³/mol. The van der Waals surface area contributed by atoms with Crippen LogP contribution in [0.3, 0.4) is 0 Å². The van der Waals surface area contributed by atoms with E-state index in [-0.39, 0.29) is 28.1 Å². The molecule has 0 radical (unpaired) electrons. The van der Waals surface area contributed by atoms with Crippen molar-refractivity contribution in [1.82, 2.24) is 20.2 Å². The van der Waals surface area contributed by atoms with E-state index < -0.39 is 0 Å². The van der Waals surface area contributed by atoms with Gasteiger partial charge in [-0.3, -0.25) is 9.69 Å². The molecule has 0 unspecified atom stereocenters. The predicted octanol–water partition coefficient (Wildman–Crippen LogP) is 5.35. The van der Waals surface area contributed by atoms with E-state index in [0.717, 1.165) is 18.8 Å². The Morgan fingerprint density at radius 2 is 1.80 bits per heavy atom. The van der Waals surface area contributed by atoms with Gasteiger partial charge in [0.05, 0.1) is 17.3 Å². The summed E-state index contributed by atoms with van der Waals surface area (Å²) in [6.07, 6.45) is 1.49. The minimum atomic E-state index is -0.274. The zero-order valence-electron chi connectivity index (χ0n) is 18.8. The molecule has 1 aromatic heterocycles. The maximum atomic E-state index is 12.8. The summed E-state index contributed by atoms with van der Waals surface area (Å²) in [4.78, 5) is 23.7. The summed E-state index contributed by atoms with van der Waals surface area (Å²) in [6, 6.07) is 8.78. The standard InChI is InChI=1S/C23H33ClN4OS/c1-7-28(8-2)19(16-10-12-17(13-11-16)23(4,5)6)15-25-21(29)20-18(24)14-26-22(27-20)30-9-3/h10-14,19H,7-9,15H2,1-6H3,(H,25,29)/t19-/m1/s1. The molecule has 0 aliphatic rings. The highest BCUT2D eigenvalue weighted by Gasteiger charge is 2.22. The number of carbonyl (C=O) groups is 1. The summed E-state index contributed by atoms with van der Waals surface area (Å²) in [5, 5.41) is 3.86. The molecule has 1 atom stereocenters. The van der Waals surface area contributed by atoms with Gasteiger partial charge in [-0.15, -0.1) is 0 Å². The van der Waals surface area contributed by atoms with Crippen LogP contribution in [-0.2, 0) is 5.41 Å². The van der Waals surface area contributed by atoms with E-state index in [2.05, 4.69) is 79.1 Å². The smallest absolute Gasteiger partial charge is 0.271 e. The molecule has 7 heteroatoms. The van der Waals surface area contributed by atoms with Gasteiger partial charge in [-0.05, 0) is 35.4 Å². The zero-order chi connectivity index (χ0) is 22.3. The summed E-state index contributed by atoms with van der Waals surface area (Å²) in [5.74, 6) is 0.556. The highest BCUT2D eigenvalue weighted by molar-refractivity contribution is 7.99. The first-order chi connectivity index (χ1) is 14.2. The molecule has 0 aliphatic heterocycles. The first-order valence-corrected chi connectivity index (χ1v) is 11.9. The Kier molecular flexibility index (Phi) is 9.13. The lowest BCUT2D eigenvalue weighted by atomic mass is 9.86. The van der Waals surface area contributed by atoms with Gasteiger partial charge in [0.25, 0.3) is 5.91 Å². The van der Waals surface area contributed by atoms with Gasteiger partial charge in [-0.2, -0.15) is 0 Å². The topological polar surface area (TPSA) is 58.1 Å². The van der Waals surface area contributed by atoms with Crippen molar-refractivity contribution in [2.75, 3.05) is 25.4 Å². The van der Waals surface area contributed by atoms with Crippen LogP contribution >= 0.6 is 23.4 Å². The Balaban J connectivity index is 2.21. The van der Waals surface area contributed by atoms with Crippen molar-refractivity contribution >= 4 is 29.3 Å². The molecular weight excluding hydrogens is 416 g/mol. The van der Waals surface area contributed by atoms with E-state index in [9.17, 15) is 4.79 Å². The minimum Gasteiger partial charge on any atom is -0.349 e. The molecule has 0 saturated heterocycles. The minimum absolute atomic E-state index is 0.0723. The van der Waals surface area contributed by atoms with Gasteiger partial charge >= 0.3 is 0 Å². The summed E-state index contributed by atoms with van der Waals surface area (Å²) in [5.41, 5.74) is 2.81. The highest BCUT2D eigenvalue weighted by Crippen LogP contribution is 2.26. The summed E-state index contributed by atoms with van der Waals surface area (Å²) in [6.45, 7) is 15.2. The SMILES string of the molecule is CCSc1ncc(Cl)c(C(=O)NC[C@H](c2ccc(C(C)(C)C)cc2)N(CC)CC)n1. The third kappa shape index (κ3) is 6.43. The number of halogens is 1. The monoisotopic (exact) mass is 448 g/mol. The summed E-state index contributed by atoms with van der Waals surface area (Å²) >= 11 is 7.68. The number of aromatic nitrogens is 2. The van der Waals surface area contributed by atoms with Gasteiger partial charge in [0, 0.05) is 6.54 Å². The average molecular weight is 449 g/mol. The maximum absolute atomic E-state index is 12.8. The molecule has 2 aromatic rings. The van der Waals surface area contributed by atoms with E-state index >= 15 is 0 Å². The van der Waals surface area contributed by atoms with Crippen LogP contribution < -0.4 is 5.32 Å². The fourth-order valence-corrected chi connectivity index (χ4v) is 4.03. The second-order valence-electron chi connectivity index (χ2n) is 8.10. The molecule has 30 heavy (non-hydrogen) atoms. The highest BCUT2D eigenvalue weighted by atomic mass is 35.5. The molecule has 1 aromatic carbocycles. The number of benzene rings is 1. The van der Waals surface area contributed by atoms with Gasteiger partial charge in [0.15, 0.2) is 10.9 Å². The third-order valence-corrected chi connectivity index (χ3v) is 6.10. The van der Waals surface area contributed by atoms with E-state index in [1.54, 1.807) is 0 Å². The lowest BCUT2D eigenvalue weighted by Gasteiger charge is -2.31. The Morgan fingerprint density at radius 1 is 1.17 bits per heavy atom. The van der Waals surface area contributed by atoms with Gasteiger partial charge in [-0.25, -0.2) is 9.97 Å². The van der Waals surface area contributed by atoms with Crippen molar-refractivity contribution in [3.8, 4) is 0 Å². The lowest BCUT2D eigenvalue weighted by molar-refractivity contribution is 0.0929. The van der Waals surface area contributed by atoms with E-state index in [1.807, 2.05) is 6.92 Å². The van der Waals surface area contributed by atoms with Gasteiger partial charge < -0.3 is 5.32 Å². The fraction of sp³-hybridized carbons (Fsp3) is 0.522. The van der Waals surface area contributed by atoms with Crippen LogP contribution in [0.4, 0.5) is 0 Å². The van der Waals surface area contributed by atoms with E-state index in [4.69, 9.17) is 11.6 Å². The average Bonchev–Trinajstić information content (AvgIpc) is 2.72. The first-order valence-electron chi connectivity index (χ1n) is 10.5. The number of rotatable bonds is 9. The Labute approximate surface area is 190 Å². The molecule has 164 valence electrons. The van der Waals surface area contributed by atoms with Gasteiger partial charge in [-0.1, -0.05) is 89.2 Å². The number of hydrogen-bond donors (Lipinski definition) is 1. The van der Waals surface area contributed by atoms with E-state index in [0.29, 0.717) is 11.7 Å². The van der Waals surface area contributed by atoms with Crippen molar-refractivity contribution in [3.05, 3.63) is 52.3 Å². The Morgan fingerprint density at radius 3 is 2.33 bits per heavy atom. The van der Waals surface area contributed by atoms with Crippen LogP contribution in [0.5, 0.6) is 0 Å². The molecule has 0 fully saturated rings. The second kappa shape index (κ2) is 11.1. The molecule has 5 nitrogen and oxygen atoms in total. The third-order valence-electron chi connectivity index (χ3n) is 5.08. The molecule has 0 aliphatic carbocycles. The molecule has 2 rings (SSSR count). The van der Waals surface area contributed by atoms with E-state index in [1.165, 1.54) is 29.1 Å². The van der Waals surface area contributed by atoms with Gasteiger partial charge in [0.1, 0.15) is 0 Å². The maximum Gasteiger partial charge on any atom is 0.271 e. The van der Waals surface area contributed by atoms with Gasteiger partial charge in [0.2, 0.25) is 0 Å². The lowest BCUT2D eigenvalue weighted by Crippen LogP contribution is -2.38. The van der Waals surface area contributed by atoms with Crippen molar-refractivity contribution in [3.63, 3.8) is 0 Å². The molecule has 0 saturated carbocycles. The number of amides is 1. The first kappa shape index (κ1) is 24.6. The molecule has 1 N–H and O–H groups in total. The summed E-state index contributed by atoms with van der Waals surface area (Å²) in [7, 11) is 0. The Hall–Kier alpha value is -1.63. The normalized spacial score (nSPS) is 12.8. The largest absolute Gasteiger partial charge is 0.349 e. The van der Waals surface area contributed by atoms with Crippen molar-refractivity contribution in [2.24, 2.45) is 0 Å². The molecule has 1 heterocycles. The van der Waals surface area contributed by atoms with Crippen LogP contribution in [0.2, 0.25) is 5.02 Å². The van der Waals surface area contributed by atoms with Crippen molar-refractivity contribution in [1.29, 1.82) is 0 Å². The number of carbonyl (C=O) groups excluding carboxylic acids is 1. The van der Waals surface area contributed by atoms with Crippen LogP contribution in [0, 0.1) is 0 Å². The van der Waals surface area contributed by atoms with Crippen LogP contribution in [-0.4, -0.2) is 46.2 Å². The summed E-state index contributed by atoms with van der Waals surface area (Å²) < 4.78 is 0. The van der Waals surface area contributed by atoms with Crippen molar-refractivity contribution in [2.45, 2.75) is 58.2 Å². The van der Waals surface area contributed by atoms with Crippen LogP contribution in [0.15, 0.2) is 35.6 Å². The molecule has 1 amide bonds. The van der Waals surface area contributed by atoms with Crippen LogP contribution in [0.1, 0.15) is 69.2 Å². The number of nitrogens with one attached hydrogen (secondary N) is 1. The number of nitrogens with zero attached hydrogens (tertiary/aromatic N) is 3. The quantitative estimate of drug-likeness (QED) is 0.413. The fourth-order valence-electron chi connectivity index (χ4n) is 3.31. The Bertz CT molecular complexity index is 832. The number of thioether (sulfide) groups is 1. The van der Waals surface area contributed by atoms with Crippen LogP contribution in [0.25, 0.3) is 0 Å². The zero-order valence-corrected chi connectivity index (χ0v) is 20.4.